The van der Waals surface area contributed by atoms with Gasteiger partial charge in [-0.25, -0.2) is 28.2 Å². The molecule has 156 valence electrons. The van der Waals surface area contributed by atoms with Gasteiger partial charge in [0.2, 0.25) is 5.95 Å². The van der Waals surface area contributed by atoms with Crippen LogP contribution in [0.1, 0.15) is 32.5 Å². The van der Waals surface area contributed by atoms with Crippen LogP contribution >= 0.6 is 0 Å². The van der Waals surface area contributed by atoms with Crippen LogP contribution in [0.25, 0.3) is 27.8 Å². The van der Waals surface area contributed by atoms with Crippen molar-refractivity contribution in [1.29, 1.82) is 0 Å². The fourth-order valence-electron chi connectivity index (χ4n) is 4.40. The van der Waals surface area contributed by atoms with Gasteiger partial charge >= 0.3 is 0 Å². The molecule has 0 spiro atoms. The molecule has 1 N–H and O–H groups in total. The van der Waals surface area contributed by atoms with E-state index in [0.29, 0.717) is 34.4 Å². The molecule has 0 atom stereocenters. The molecule has 0 unspecified atom stereocenters. The molecule has 0 saturated heterocycles. The van der Waals surface area contributed by atoms with Crippen LogP contribution in [0.2, 0.25) is 0 Å². The molecule has 5 rings (SSSR count). The fourth-order valence-corrected chi connectivity index (χ4v) is 4.40. The molecule has 1 aliphatic carbocycles. The lowest BCUT2D eigenvalue weighted by atomic mass is 9.68. The molecule has 0 amide bonds. The van der Waals surface area contributed by atoms with Crippen molar-refractivity contribution < 1.29 is 8.78 Å². The van der Waals surface area contributed by atoms with E-state index >= 15 is 0 Å². The van der Waals surface area contributed by atoms with Crippen LogP contribution in [0.15, 0.2) is 30.7 Å². The van der Waals surface area contributed by atoms with Crippen LogP contribution in [0.3, 0.4) is 0 Å². The zero-order valence-corrected chi connectivity index (χ0v) is 17.1. The molecule has 0 bridgehead atoms. The van der Waals surface area contributed by atoms with E-state index in [2.05, 4.69) is 39.2 Å². The number of anilines is 1. The van der Waals surface area contributed by atoms with Crippen LogP contribution in [0.5, 0.6) is 0 Å². The Morgan fingerprint density at radius 3 is 2.73 bits per heavy atom. The number of hydrogen-bond donors (Lipinski definition) is 1. The Bertz CT molecular complexity index is 1230. The van der Waals surface area contributed by atoms with E-state index in [-0.39, 0.29) is 0 Å². The van der Waals surface area contributed by atoms with Gasteiger partial charge in [-0.2, -0.15) is 0 Å². The summed E-state index contributed by atoms with van der Waals surface area (Å²) >= 11 is 0. The summed E-state index contributed by atoms with van der Waals surface area (Å²) in [6.07, 6.45) is 5.10. The molecular formula is C21H23F2N7. The zero-order valence-electron chi connectivity index (χ0n) is 17.1. The molecule has 1 saturated carbocycles. The predicted octanol–water partition coefficient (Wildman–Crippen LogP) is 4.32. The molecule has 9 heteroatoms. The Labute approximate surface area is 172 Å². The maximum absolute atomic E-state index is 13.0. The highest BCUT2D eigenvalue weighted by atomic mass is 19.3. The Balaban J connectivity index is 1.48. The van der Waals surface area contributed by atoms with E-state index in [0.717, 1.165) is 29.5 Å². The van der Waals surface area contributed by atoms with Gasteiger partial charge in [-0.15, -0.1) is 5.10 Å². The molecule has 7 nitrogen and oxygen atoms in total. The van der Waals surface area contributed by atoms with E-state index in [4.69, 9.17) is 0 Å². The second-order valence-corrected chi connectivity index (χ2v) is 8.78. The van der Waals surface area contributed by atoms with Gasteiger partial charge in [-0.3, -0.25) is 0 Å². The Hall–Kier alpha value is -3.10. The van der Waals surface area contributed by atoms with Crippen molar-refractivity contribution in [3.8, 4) is 11.1 Å². The summed E-state index contributed by atoms with van der Waals surface area (Å²) in [5.41, 5.74) is 3.97. The van der Waals surface area contributed by atoms with Crippen LogP contribution in [0, 0.1) is 12.3 Å². The van der Waals surface area contributed by atoms with Crippen molar-refractivity contribution in [2.24, 2.45) is 5.41 Å². The maximum Gasteiger partial charge on any atom is 0.256 e. The summed E-state index contributed by atoms with van der Waals surface area (Å²) in [5.74, 6) is 1.12. The number of alkyl halides is 2. The normalized spacial score (nSPS) is 16.5. The van der Waals surface area contributed by atoms with Gasteiger partial charge in [-0.05, 0) is 37.3 Å². The van der Waals surface area contributed by atoms with Gasteiger partial charge in [0.05, 0.1) is 23.8 Å². The topological polar surface area (TPSA) is 72.9 Å². The Kier molecular flexibility index (Phi) is 4.23. The molecular weight excluding hydrogens is 388 g/mol. The summed E-state index contributed by atoms with van der Waals surface area (Å²) in [5, 5.41) is 7.96. The average Bonchev–Trinajstić information content (AvgIpc) is 3.20. The van der Waals surface area contributed by atoms with Crippen molar-refractivity contribution >= 4 is 22.6 Å². The zero-order chi connectivity index (χ0) is 21.0. The van der Waals surface area contributed by atoms with Gasteiger partial charge in [0.25, 0.3) is 6.43 Å². The van der Waals surface area contributed by atoms with Gasteiger partial charge in [0.1, 0.15) is 5.82 Å². The number of imidazole rings is 1. The van der Waals surface area contributed by atoms with Crippen LogP contribution in [-0.2, 0) is 6.54 Å². The number of nitrogens with zero attached hydrogens (tertiary/aromatic N) is 6. The number of fused-ring (bicyclic) bond motifs is 2. The van der Waals surface area contributed by atoms with Gasteiger partial charge < -0.3 is 9.88 Å². The number of pyridine rings is 1. The second-order valence-electron chi connectivity index (χ2n) is 8.78. The van der Waals surface area contributed by atoms with E-state index < -0.39 is 13.0 Å². The van der Waals surface area contributed by atoms with E-state index in [1.807, 2.05) is 18.3 Å². The standard InChI is InChI=1S/C21H23F2N7/c1-12-26-19-16(29(12)11-18(22)23)6-13(9-24-19)15-4-5-30-17(15)10-25-20(28-30)27-14-7-21(2,3)8-14/h4-6,9-10,14,18H,7-8,11H2,1-3H3,(H,27,28). The first-order chi connectivity index (χ1) is 14.3. The largest absolute Gasteiger partial charge is 0.350 e. The van der Waals surface area contributed by atoms with Crippen molar-refractivity contribution in [2.45, 2.75) is 52.6 Å². The van der Waals surface area contributed by atoms with Crippen LogP contribution in [-0.4, -0.2) is 41.6 Å². The SMILES string of the molecule is Cc1nc2ncc(-c3ccn4nc(NC5CC(C)(C)C5)ncc34)cc2n1CC(F)F. The first kappa shape index (κ1) is 18.9. The van der Waals surface area contributed by atoms with E-state index in [1.165, 1.54) is 4.57 Å². The molecule has 4 heterocycles. The Morgan fingerprint density at radius 2 is 2.00 bits per heavy atom. The van der Waals surface area contributed by atoms with Crippen molar-refractivity contribution in [3.63, 3.8) is 0 Å². The second kappa shape index (κ2) is 6.72. The first-order valence-electron chi connectivity index (χ1n) is 10.0. The minimum atomic E-state index is -2.46. The third-order valence-electron chi connectivity index (χ3n) is 5.78. The number of rotatable bonds is 5. The number of aromatic nitrogens is 6. The van der Waals surface area contributed by atoms with Crippen molar-refractivity contribution in [1.82, 2.24) is 29.1 Å². The lowest BCUT2D eigenvalue weighted by molar-refractivity contribution is 0.127. The van der Waals surface area contributed by atoms with E-state index in [9.17, 15) is 8.78 Å². The monoisotopic (exact) mass is 411 g/mol. The highest BCUT2D eigenvalue weighted by Gasteiger charge is 2.36. The predicted molar refractivity (Wildman–Crippen MR) is 111 cm³/mol. The fraction of sp³-hybridized carbons (Fsp3) is 0.429. The quantitative estimate of drug-likeness (QED) is 0.530. The molecule has 4 aromatic heterocycles. The number of halogens is 2. The molecule has 0 aromatic carbocycles. The van der Waals surface area contributed by atoms with Crippen LogP contribution < -0.4 is 5.32 Å². The smallest absolute Gasteiger partial charge is 0.256 e. The first-order valence-corrected chi connectivity index (χ1v) is 10.0. The molecule has 0 radical (unpaired) electrons. The summed E-state index contributed by atoms with van der Waals surface area (Å²) < 4.78 is 29.3. The molecule has 30 heavy (non-hydrogen) atoms. The van der Waals surface area contributed by atoms with Crippen molar-refractivity contribution in [2.75, 3.05) is 5.32 Å². The third kappa shape index (κ3) is 3.28. The molecule has 1 aliphatic rings. The third-order valence-corrected chi connectivity index (χ3v) is 5.78. The highest BCUT2D eigenvalue weighted by Crippen LogP contribution is 2.41. The van der Waals surface area contributed by atoms with Gasteiger partial charge in [0.15, 0.2) is 5.65 Å². The van der Waals surface area contributed by atoms with Crippen LogP contribution in [0.4, 0.5) is 14.7 Å². The summed E-state index contributed by atoms with van der Waals surface area (Å²) in [6.45, 7) is 5.82. The minimum Gasteiger partial charge on any atom is -0.350 e. The number of hydrogen-bond acceptors (Lipinski definition) is 5. The lowest BCUT2D eigenvalue weighted by Crippen LogP contribution is -2.41. The highest BCUT2D eigenvalue weighted by molar-refractivity contribution is 5.85. The van der Waals surface area contributed by atoms with Crippen molar-refractivity contribution in [3.05, 3.63) is 36.5 Å². The minimum absolute atomic E-state index is 0.378. The summed E-state index contributed by atoms with van der Waals surface area (Å²) in [7, 11) is 0. The Morgan fingerprint density at radius 1 is 1.20 bits per heavy atom. The molecule has 1 fully saturated rings. The lowest BCUT2D eigenvalue weighted by Gasteiger charge is -2.42. The summed E-state index contributed by atoms with van der Waals surface area (Å²) in [6, 6.07) is 4.18. The molecule has 4 aromatic rings. The van der Waals surface area contributed by atoms with Gasteiger partial charge in [-0.1, -0.05) is 13.8 Å². The molecule has 0 aliphatic heterocycles. The van der Waals surface area contributed by atoms with Gasteiger partial charge in [0, 0.05) is 29.6 Å². The number of nitrogens with one attached hydrogen (secondary N) is 1. The summed E-state index contributed by atoms with van der Waals surface area (Å²) in [4.78, 5) is 13.2. The maximum atomic E-state index is 13.0. The average molecular weight is 411 g/mol. The van der Waals surface area contributed by atoms with E-state index in [1.54, 1.807) is 23.8 Å². The number of aryl methyl sites for hydroxylation is 1.